The SMILES string of the molecule is Cc1cccc(F)c1-n1nc(C(=O)N[C@H](C)C(=O)O)c2c1CCC2. The van der Waals surface area contributed by atoms with Crippen LogP contribution in [0, 0.1) is 12.7 Å². The molecule has 6 nitrogen and oxygen atoms in total. The number of para-hydroxylation sites is 1. The van der Waals surface area contributed by atoms with E-state index in [0.29, 0.717) is 18.5 Å². The van der Waals surface area contributed by atoms with Crippen LogP contribution in [0.4, 0.5) is 4.39 Å². The van der Waals surface area contributed by atoms with Crippen molar-refractivity contribution in [2.75, 3.05) is 0 Å². The molecule has 1 aromatic carbocycles. The van der Waals surface area contributed by atoms with Gasteiger partial charge in [-0.1, -0.05) is 12.1 Å². The molecule has 0 bridgehead atoms. The van der Waals surface area contributed by atoms with Crippen molar-refractivity contribution in [3.05, 3.63) is 46.5 Å². The molecule has 0 saturated carbocycles. The molecule has 1 heterocycles. The number of carboxylic acids is 1. The average molecular weight is 331 g/mol. The fraction of sp³-hybridized carbons (Fsp3) is 0.353. The van der Waals surface area contributed by atoms with Crippen LogP contribution >= 0.6 is 0 Å². The number of aromatic nitrogens is 2. The smallest absolute Gasteiger partial charge is 0.325 e. The molecule has 0 unspecified atom stereocenters. The lowest BCUT2D eigenvalue weighted by Gasteiger charge is -2.10. The van der Waals surface area contributed by atoms with Gasteiger partial charge in [-0.3, -0.25) is 9.59 Å². The molecule has 24 heavy (non-hydrogen) atoms. The number of carbonyl (C=O) groups excluding carboxylic acids is 1. The first kappa shape index (κ1) is 16.2. The summed E-state index contributed by atoms with van der Waals surface area (Å²) in [5.74, 6) is -2.07. The van der Waals surface area contributed by atoms with Gasteiger partial charge in [0.25, 0.3) is 5.91 Å². The lowest BCUT2D eigenvalue weighted by molar-refractivity contribution is -0.138. The van der Waals surface area contributed by atoms with E-state index in [2.05, 4.69) is 10.4 Å². The summed E-state index contributed by atoms with van der Waals surface area (Å²) >= 11 is 0. The van der Waals surface area contributed by atoms with Gasteiger partial charge >= 0.3 is 5.97 Å². The fourth-order valence-corrected chi connectivity index (χ4v) is 3.02. The Hall–Kier alpha value is -2.70. The molecule has 2 N–H and O–H groups in total. The Balaban J connectivity index is 2.06. The molecule has 0 saturated heterocycles. The van der Waals surface area contributed by atoms with Gasteiger partial charge in [-0.15, -0.1) is 0 Å². The molecule has 126 valence electrons. The Morgan fingerprint density at radius 3 is 2.79 bits per heavy atom. The third-order valence-corrected chi connectivity index (χ3v) is 4.26. The number of nitrogens with zero attached hydrogens (tertiary/aromatic N) is 2. The largest absolute Gasteiger partial charge is 0.480 e. The van der Waals surface area contributed by atoms with E-state index in [1.165, 1.54) is 17.7 Å². The lowest BCUT2D eigenvalue weighted by Crippen LogP contribution is -2.38. The van der Waals surface area contributed by atoms with E-state index in [1.807, 2.05) is 0 Å². The van der Waals surface area contributed by atoms with Gasteiger partial charge in [0.1, 0.15) is 17.5 Å². The van der Waals surface area contributed by atoms with Gasteiger partial charge in [0.15, 0.2) is 5.69 Å². The molecule has 1 aliphatic rings. The van der Waals surface area contributed by atoms with Crippen molar-refractivity contribution >= 4 is 11.9 Å². The summed E-state index contributed by atoms with van der Waals surface area (Å²) in [6.07, 6.45) is 2.24. The zero-order valence-corrected chi connectivity index (χ0v) is 13.5. The lowest BCUT2D eigenvalue weighted by atomic mass is 10.1. The van der Waals surface area contributed by atoms with E-state index in [-0.39, 0.29) is 5.69 Å². The summed E-state index contributed by atoms with van der Waals surface area (Å²) in [6.45, 7) is 3.17. The molecule has 1 aromatic heterocycles. The molecule has 2 aromatic rings. The molecule has 7 heteroatoms. The van der Waals surface area contributed by atoms with Crippen LogP contribution in [-0.4, -0.2) is 32.8 Å². The Morgan fingerprint density at radius 2 is 2.12 bits per heavy atom. The van der Waals surface area contributed by atoms with Gasteiger partial charge in [-0.25, -0.2) is 9.07 Å². The number of fused-ring (bicyclic) bond motifs is 1. The first-order valence-corrected chi connectivity index (χ1v) is 7.80. The summed E-state index contributed by atoms with van der Waals surface area (Å²) in [7, 11) is 0. The van der Waals surface area contributed by atoms with Crippen LogP contribution in [0.5, 0.6) is 0 Å². The molecule has 1 aliphatic carbocycles. The number of carboxylic acid groups (broad SMARTS) is 1. The highest BCUT2D eigenvalue weighted by molar-refractivity contribution is 5.96. The van der Waals surface area contributed by atoms with E-state index in [1.54, 1.807) is 19.1 Å². The second-order valence-electron chi connectivity index (χ2n) is 5.98. The monoisotopic (exact) mass is 331 g/mol. The number of halogens is 1. The number of carbonyl (C=O) groups is 2. The molecular weight excluding hydrogens is 313 g/mol. The van der Waals surface area contributed by atoms with E-state index in [4.69, 9.17) is 5.11 Å². The van der Waals surface area contributed by atoms with Crippen LogP contribution < -0.4 is 5.32 Å². The minimum Gasteiger partial charge on any atom is -0.480 e. The van der Waals surface area contributed by atoms with Crippen LogP contribution in [0.2, 0.25) is 0 Å². The second-order valence-corrected chi connectivity index (χ2v) is 5.98. The maximum Gasteiger partial charge on any atom is 0.325 e. The Labute approximate surface area is 138 Å². The molecule has 0 fully saturated rings. The molecule has 3 rings (SSSR count). The van der Waals surface area contributed by atoms with Crippen LogP contribution in [0.15, 0.2) is 18.2 Å². The van der Waals surface area contributed by atoms with Gasteiger partial charge in [-0.05, 0) is 44.7 Å². The van der Waals surface area contributed by atoms with Crippen molar-refractivity contribution in [1.29, 1.82) is 0 Å². The molecule has 0 spiro atoms. The van der Waals surface area contributed by atoms with Crippen LogP contribution in [0.1, 0.15) is 40.7 Å². The molecular formula is C17H18FN3O3. The number of aliphatic carboxylic acids is 1. The van der Waals surface area contributed by atoms with E-state index >= 15 is 0 Å². The number of amides is 1. The number of nitrogens with one attached hydrogen (secondary N) is 1. The number of benzene rings is 1. The van der Waals surface area contributed by atoms with Crippen molar-refractivity contribution in [1.82, 2.24) is 15.1 Å². The number of hydrogen-bond donors (Lipinski definition) is 2. The van der Waals surface area contributed by atoms with E-state index in [0.717, 1.165) is 23.2 Å². The minimum absolute atomic E-state index is 0.179. The molecule has 0 radical (unpaired) electrons. The number of hydrogen-bond acceptors (Lipinski definition) is 3. The highest BCUT2D eigenvalue weighted by Gasteiger charge is 2.29. The van der Waals surface area contributed by atoms with E-state index in [9.17, 15) is 14.0 Å². The van der Waals surface area contributed by atoms with Crippen LogP contribution in [0.25, 0.3) is 5.69 Å². The maximum absolute atomic E-state index is 14.3. The fourth-order valence-electron chi connectivity index (χ4n) is 3.02. The summed E-state index contributed by atoms with van der Waals surface area (Å²) in [5, 5.41) is 15.7. The minimum atomic E-state index is -1.12. The summed E-state index contributed by atoms with van der Waals surface area (Å²) in [6, 6.07) is 3.75. The first-order chi connectivity index (χ1) is 11.4. The number of rotatable bonds is 4. The normalized spacial score (nSPS) is 14.3. The third kappa shape index (κ3) is 2.66. The average Bonchev–Trinajstić information content (AvgIpc) is 3.10. The van der Waals surface area contributed by atoms with Crippen LogP contribution in [0.3, 0.4) is 0 Å². The van der Waals surface area contributed by atoms with Gasteiger partial charge < -0.3 is 10.4 Å². The Kier molecular flexibility index (Phi) is 4.09. The quantitative estimate of drug-likeness (QED) is 0.897. The molecule has 1 atom stereocenters. The summed E-state index contributed by atoms with van der Waals surface area (Å²) < 4.78 is 15.8. The first-order valence-electron chi connectivity index (χ1n) is 7.80. The Morgan fingerprint density at radius 1 is 1.38 bits per heavy atom. The summed E-state index contributed by atoms with van der Waals surface area (Å²) in [4.78, 5) is 23.3. The van der Waals surface area contributed by atoms with Gasteiger partial charge in [0, 0.05) is 11.3 Å². The third-order valence-electron chi connectivity index (χ3n) is 4.26. The highest BCUT2D eigenvalue weighted by Crippen LogP contribution is 2.30. The van der Waals surface area contributed by atoms with Crippen molar-refractivity contribution in [2.24, 2.45) is 0 Å². The highest BCUT2D eigenvalue weighted by atomic mass is 19.1. The van der Waals surface area contributed by atoms with E-state index < -0.39 is 23.7 Å². The molecule has 1 amide bonds. The summed E-state index contributed by atoms with van der Waals surface area (Å²) in [5.41, 5.74) is 2.82. The standard InChI is InChI=1S/C17H18FN3O3/c1-9-5-3-7-12(18)15(9)21-13-8-4-6-11(13)14(20-21)16(22)19-10(2)17(23)24/h3,5,7,10H,4,6,8H2,1-2H3,(H,19,22)(H,23,24)/t10-/m1/s1. The van der Waals surface area contributed by atoms with Crippen molar-refractivity contribution in [2.45, 2.75) is 39.2 Å². The number of aryl methyl sites for hydroxylation is 1. The van der Waals surface area contributed by atoms with Crippen LogP contribution in [-0.2, 0) is 17.6 Å². The van der Waals surface area contributed by atoms with Gasteiger partial charge in [0.2, 0.25) is 0 Å². The second kappa shape index (κ2) is 6.07. The van der Waals surface area contributed by atoms with Crippen molar-refractivity contribution in [3.8, 4) is 5.69 Å². The van der Waals surface area contributed by atoms with Crippen molar-refractivity contribution in [3.63, 3.8) is 0 Å². The molecule has 0 aliphatic heterocycles. The predicted octanol–water partition coefficient (Wildman–Crippen LogP) is 2.01. The van der Waals surface area contributed by atoms with Gasteiger partial charge in [-0.2, -0.15) is 5.10 Å². The predicted molar refractivity (Wildman–Crippen MR) is 84.8 cm³/mol. The van der Waals surface area contributed by atoms with Crippen molar-refractivity contribution < 1.29 is 19.1 Å². The maximum atomic E-state index is 14.3. The van der Waals surface area contributed by atoms with Gasteiger partial charge in [0.05, 0.1) is 0 Å². The zero-order chi connectivity index (χ0) is 17.4. The zero-order valence-electron chi connectivity index (χ0n) is 13.5. The topological polar surface area (TPSA) is 84.2 Å². The Bertz CT molecular complexity index is 808.